The second kappa shape index (κ2) is 6.04. The molecule has 3 rings (SSSR count). The van der Waals surface area contributed by atoms with E-state index >= 15 is 0 Å². The molecule has 23 heavy (non-hydrogen) atoms. The Morgan fingerprint density at radius 1 is 1.22 bits per heavy atom. The Bertz CT molecular complexity index is 719. The average molecular weight is 333 g/mol. The van der Waals surface area contributed by atoms with Gasteiger partial charge in [0.25, 0.3) is 11.8 Å². The lowest BCUT2D eigenvalue weighted by Crippen LogP contribution is -2.54. The Balaban J connectivity index is 1.94. The summed E-state index contributed by atoms with van der Waals surface area (Å²) in [6, 6.07) is 4.01. The van der Waals surface area contributed by atoms with Crippen molar-refractivity contribution in [2.75, 3.05) is 17.6 Å². The number of anilines is 1. The number of imide groups is 2. The van der Waals surface area contributed by atoms with Gasteiger partial charge in [0.1, 0.15) is 6.04 Å². The molecule has 0 spiro atoms. The maximum Gasteiger partial charge on any atom is 0.264 e. The van der Waals surface area contributed by atoms with Crippen molar-refractivity contribution in [1.29, 1.82) is 0 Å². The van der Waals surface area contributed by atoms with Crippen LogP contribution in [0.5, 0.6) is 0 Å². The van der Waals surface area contributed by atoms with Crippen LogP contribution in [0.2, 0.25) is 0 Å². The zero-order valence-electron chi connectivity index (χ0n) is 12.2. The molecule has 0 aliphatic carbocycles. The summed E-state index contributed by atoms with van der Waals surface area (Å²) in [6.45, 7) is 0.541. The van der Waals surface area contributed by atoms with Crippen LogP contribution in [0.1, 0.15) is 33.6 Å². The number of benzene rings is 1. The molecule has 4 amide bonds. The number of fused-ring (bicyclic) bond motifs is 1. The van der Waals surface area contributed by atoms with E-state index in [-0.39, 0.29) is 29.9 Å². The second-order valence-electron chi connectivity index (χ2n) is 5.33. The predicted molar refractivity (Wildman–Crippen MR) is 85.5 cm³/mol. The van der Waals surface area contributed by atoms with Crippen LogP contribution in [0.15, 0.2) is 18.2 Å². The summed E-state index contributed by atoms with van der Waals surface area (Å²) >= 11 is 4.11. The van der Waals surface area contributed by atoms with Gasteiger partial charge in [0.15, 0.2) is 0 Å². The molecule has 1 unspecified atom stereocenters. The molecule has 2 aliphatic rings. The molecule has 1 saturated heterocycles. The van der Waals surface area contributed by atoms with E-state index < -0.39 is 23.8 Å². The lowest BCUT2D eigenvalue weighted by atomic mass is 10.0. The molecular formula is C15H15N3O4S. The molecule has 0 bridgehead atoms. The normalized spacial score (nSPS) is 20.6. The minimum Gasteiger partial charge on any atom is -0.384 e. The Hall–Kier alpha value is -2.35. The van der Waals surface area contributed by atoms with Crippen LogP contribution in [0.4, 0.5) is 5.69 Å². The van der Waals surface area contributed by atoms with Crippen molar-refractivity contribution in [3.05, 3.63) is 29.3 Å². The van der Waals surface area contributed by atoms with Gasteiger partial charge in [-0.05, 0) is 18.6 Å². The average Bonchev–Trinajstić information content (AvgIpc) is 2.78. The fourth-order valence-corrected chi connectivity index (χ4v) is 2.96. The predicted octanol–water partition coefficient (Wildman–Crippen LogP) is 0.429. The number of thiol groups is 1. The number of carbonyl (C=O) groups is 4. The topological polar surface area (TPSA) is 95.6 Å². The van der Waals surface area contributed by atoms with Gasteiger partial charge in [0.05, 0.1) is 11.1 Å². The van der Waals surface area contributed by atoms with Crippen molar-refractivity contribution in [2.24, 2.45) is 0 Å². The van der Waals surface area contributed by atoms with Crippen molar-refractivity contribution in [3.8, 4) is 0 Å². The molecule has 0 radical (unpaired) electrons. The lowest BCUT2D eigenvalue weighted by Gasteiger charge is -2.27. The van der Waals surface area contributed by atoms with Gasteiger partial charge in [-0.2, -0.15) is 12.6 Å². The van der Waals surface area contributed by atoms with Crippen molar-refractivity contribution >= 4 is 41.9 Å². The molecule has 1 fully saturated rings. The molecule has 2 N–H and O–H groups in total. The van der Waals surface area contributed by atoms with Crippen molar-refractivity contribution in [1.82, 2.24) is 10.2 Å². The zero-order valence-corrected chi connectivity index (χ0v) is 13.1. The van der Waals surface area contributed by atoms with E-state index in [0.29, 0.717) is 18.0 Å². The number of nitrogens with one attached hydrogen (secondary N) is 2. The van der Waals surface area contributed by atoms with Crippen LogP contribution in [-0.4, -0.2) is 46.9 Å². The molecule has 0 saturated carbocycles. The van der Waals surface area contributed by atoms with Crippen LogP contribution in [0.25, 0.3) is 0 Å². The monoisotopic (exact) mass is 333 g/mol. The van der Waals surface area contributed by atoms with E-state index in [1.54, 1.807) is 18.2 Å². The molecule has 8 heteroatoms. The van der Waals surface area contributed by atoms with Crippen LogP contribution in [0.3, 0.4) is 0 Å². The first-order valence-electron chi connectivity index (χ1n) is 7.24. The van der Waals surface area contributed by atoms with Gasteiger partial charge < -0.3 is 5.32 Å². The zero-order chi connectivity index (χ0) is 16.6. The Kier molecular flexibility index (Phi) is 4.08. The molecule has 1 atom stereocenters. The minimum atomic E-state index is -0.946. The lowest BCUT2D eigenvalue weighted by molar-refractivity contribution is -0.136. The standard InChI is InChI=1S/C15H15N3O4S/c19-11-5-4-10(13(20)17-11)18-14(21)8-2-1-3-9(16-6-7-23)12(8)15(18)22/h1-3,10,16,23H,4-7H2,(H,17,19,20). The highest BCUT2D eigenvalue weighted by atomic mass is 32.1. The quantitative estimate of drug-likeness (QED) is 0.549. The largest absolute Gasteiger partial charge is 0.384 e. The summed E-state index contributed by atoms with van der Waals surface area (Å²) in [6.07, 6.45) is 0.254. The Labute approximate surface area is 137 Å². The van der Waals surface area contributed by atoms with Gasteiger partial charge in [-0.15, -0.1) is 0 Å². The number of carbonyl (C=O) groups excluding carboxylic acids is 4. The third-order valence-electron chi connectivity index (χ3n) is 3.90. The number of hydrogen-bond donors (Lipinski definition) is 3. The molecule has 1 aromatic rings. The number of amides is 4. The van der Waals surface area contributed by atoms with Crippen molar-refractivity contribution in [3.63, 3.8) is 0 Å². The van der Waals surface area contributed by atoms with Crippen LogP contribution in [-0.2, 0) is 9.59 Å². The third-order valence-corrected chi connectivity index (χ3v) is 4.12. The van der Waals surface area contributed by atoms with E-state index in [1.807, 2.05) is 0 Å². The van der Waals surface area contributed by atoms with Crippen LogP contribution < -0.4 is 10.6 Å². The second-order valence-corrected chi connectivity index (χ2v) is 5.77. The van der Waals surface area contributed by atoms with E-state index in [1.165, 1.54) is 0 Å². The van der Waals surface area contributed by atoms with Crippen LogP contribution in [0, 0.1) is 0 Å². The number of rotatable bonds is 4. The SMILES string of the molecule is O=C1CCC(N2C(=O)c3cccc(NCCS)c3C2=O)C(=O)N1. The van der Waals surface area contributed by atoms with E-state index in [9.17, 15) is 19.2 Å². The number of nitrogens with zero attached hydrogens (tertiary/aromatic N) is 1. The Morgan fingerprint density at radius 2 is 2.00 bits per heavy atom. The van der Waals surface area contributed by atoms with Gasteiger partial charge in [-0.3, -0.25) is 29.4 Å². The molecular weight excluding hydrogens is 318 g/mol. The highest BCUT2D eigenvalue weighted by Gasteiger charge is 2.45. The van der Waals surface area contributed by atoms with Crippen molar-refractivity contribution < 1.29 is 19.2 Å². The molecule has 7 nitrogen and oxygen atoms in total. The smallest absolute Gasteiger partial charge is 0.264 e. The Morgan fingerprint density at radius 3 is 2.70 bits per heavy atom. The highest BCUT2D eigenvalue weighted by molar-refractivity contribution is 7.80. The summed E-state index contributed by atoms with van der Waals surface area (Å²) in [5.74, 6) is -1.45. The summed E-state index contributed by atoms with van der Waals surface area (Å²) in [7, 11) is 0. The number of hydrogen-bond acceptors (Lipinski definition) is 6. The maximum atomic E-state index is 12.7. The van der Waals surface area contributed by atoms with E-state index in [0.717, 1.165) is 4.90 Å². The summed E-state index contributed by atoms with van der Waals surface area (Å²) in [5.41, 5.74) is 1.08. The third kappa shape index (κ3) is 2.59. The van der Waals surface area contributed by atoms with Crippen molar-refractivity contribution in [2.45, 2.75) is 18.9 Å². The first-order chi connectivity index (χ1) is 11.0. The minimum absolute atomic E-state index is 0.106. The number of piperidine rings is 1. The maximum absolute atomic E-state index is 12.7. The highest BCUT2D eigenvalue weighted by Crippen LogP contribution is 2.32. The van der Waals surface area contributed by atoms with Gasteiger partial charge in [-0.1, -0.05) is 6.07 Å². The molecule has 2 aliphatic heterocycles. The molecule has 1 aromatic carbocycles. The molecule has 120 valence electrons. The van der Waals surface area contributed by atoms with E-state index in [2.05, 4.69) is 23.3 Å². The first kappa shape index (κ1) is 15.5. The van der Waals surface area contributed by atoms with Gasteiger partial charge in [0, 0.05) is 24.4 Å². The van der Waals surface area contributed by atoms with Crippen LogP contribution >= 0.6 is 12.6 Å². The fourth-order valence-electron chi connectivity index (χ4n) is 2.85. The molecule has 2 heterocycles. The fraction of sp³-hybridized carbons (Fsp3) is 0.333. The summed E-state index contributed by atoms with van der Waals surface area (Å²) in [4.78, 5) is 49.4. The van der Waals surface area contributed by atoms with Gasteiger partial charge in [0.2, 0.25) is 11.8 Å². The van der Waals surface area contributed by atoms with E-state index in [4.69, 9.17) is 0 Å². The first-order valence-corrected chi connectivity index (χ1v) is 7.87. The van der Waals surface area contributed by atoms with Gasteiger partial charge >= 0.3 is 0 Å². The molecule has 0 aromatic heterocycles. The van der Waals surface area contributed by atoms with Gasteiger partial charge in [-0.25, -0.2) is 0 Å². The summed E-state index contributed by atoms with van der Waals surface area (Å²) in [5, 5.41) is 5.23. The summed E-state index contributed by atoms with van der Waals surface area (Å²) < 4.78 is 0.